The van der Waals surface area contributed by atoms with Crippen molar-refractivity contribution >= 4 is 44.8 Å². The lowest BCUT2D eigenvalue weighted by Crippen LogP contribution is -2.47. The summed E-state index contributed by atoms with van der Waals surface area (Å²) < 4.78 is 12.0. The second-order valence-electron chi connectivity index (χ2n) is 8.54. The fourth-order valence-corrected chi connectivity index (χ4v) is 6.25. The lowest BCUT2D eigenvalue weighted by Gasteiger charge is -2.39. The molecule has 2 aliphatic carbocycles. The van der Waals surface area contributed by atoms with Crippen LogP contribution in [0.5, 0.6) is 0 Å². The summed E-state index contributed by atoms with van der Waals surface area (Å²) in [4.78, 5) is 28.9. The SMILES string of the molecule is CCOC(=O)c1sc(Br)cc1N(C(=O)[C@H]1CC[C@H](C)CC1)[C@H]1CC[C@H](OCC)CC1. The monoisotopic (exact) mass is 499 g/mol. The predicted molar refractivity (Wildman–Crippen MR) is 124 cm³/mol. The van der Waals surface area contributed by atoms with Crippen molar-refractivity contribution in [3.05, 3.63) is 14.7 Å². The molecule has 1 aromatic heterocycles. The molecule has 1 aromatic rings. The van der Waals surface area contributed by atoms with Gasteiger partial charge in [-0.2, -0.15) is 0 Å². The molecule has 0 aromatic carbocycles. The average molecular weight is 500 g/mol. The molecule has 3 rings (SSSR count). The van der Waals surface area contributed by atoms with Crippen molar-refractivity contribution < 1.29 is 19.1 Å². The van der Waals surface area contributed by atoms with Gasteiger partial charge in [0, 0.05) is 18.6 Å². The number of esters is 1. The molecule has 2 fully saturated rings. The van der Waals surface area contributed by atoms with Crippen LogP contribution in [-0.4, -0.2) is 37.2 Å². The van der Waals surface area contributed by atoms with Gasteiger partial charge >= 0.3 is 5.97 Å². The highest BCUT2D eigenvalue weighted by Gasteiger charge is 2.37. The Morgan fingerprint density at radius 2 is 1.73 bits per heavy atom. The van der Waals surface area contributed by atoms with E-state index in [0.29, 0.717) is 23.1 Å². The zero-order valence-corrected chi connectivity index (χ0v) is 20.7. The zero-order chi connectivity index (χ0) is 21.7. The maximum Gasteiger partial charge on any atom is 0.350 e. The smallest absolute Gasteiger partial charge is 0.350 e. The molecule has 1 heterocycles. The minimum Gasteiger partial charge on any atom is -0.462 e. The first-order valence-corrected chi connectivity index (χ1v) is 13.0. The van der Waals surface area contributed by atoms with Crippen LogP contribution in [0.3, 0.4) is 0 Å². The molecule has 2 aliphatic rings. The van der Waals surface area contributed by atoms with Gasteiger partial charge in [-0.1, -0.05) is 6.92 Å². The molecule has 0 unspecified atom stereocenters. The van der Waals surface area contributed by atoms with Gasteiger partial charge in [0.25, 0.3) is 0 Å². The van der Waals surface area contributed by atoms with Crippen molar-refractivity contribution in [2.24, 2.45) is 11.8 Å². The second-order valence-corrected chi connectivity index (χ2v) is 11.0. The minimum atomic E-state index is -0.346. The Bertz CT molecular complexity index is 721. The van der Waals surface area contributed by atoms with E-state index in [2.05, 4.69) is 22.9 Å². The first kappa shape index (κ1) is 23.7. The summed E-state index contributed by atoms with van der Waals surface area (Å²) in [5.41, 5.74) is 0.716. The number of ether oxygens (including phenoxy) is 2. The van der Waals surface area contributed by atoms with Crippen LogP contribution in [-0.2, 0) is 14.3 Å². The third-order valence-electron chi connectivity index (χ3n) is 6.42. The summed E-state index contributed by atoms with van der Waals surface area (Å²) in [6.07, 6.45) is 8.03. The number of hydrogen-bond acceptors (Lipinski definition) is 5. The topological polar surface area (TPSA) is 55.8 Å². The molecule has 1 amide bonds. The van der Waals surface area contributed by atoms with Gasteiger partial charge in [-0.15, -0.1) is 11.3 Å². The number of halogens is 1. The second kappa shape index (κ2) is 11.1. The van der Waals surface area contributed by atoms with Crippen LogP contribution in [0.2, 0.25) is 0 Å². The number of amides is 1. The molecule has 0 N–H and O–H groups in total. The van der Waals surface area contributed by atoms with Crippen molar-refractivity contribution in [1.29, 1.82) is 0 Å². The number of rotatable bonds is 7. The van der Waals surface area contributed by atoms with Crippen molar-refractivity contribution in [2.75, 3.05) is 18.1 Å². The van der Waals surface area contributed by atoms with E-state index >= 15 is 0 Å². The van der Waals surface area contributed by atoms with Gasteiger partial charge in [0.15, 0.2) is 0 Å². The molecule has 0 atom stereocenters. The summed E-state index contributed by atoms with van der Waals surface area (Å²) >= 11 is 4.88. The van der Waals surface area contributed by atoms with Crippen molar-refractivity contribution in [3.8, 4) is 0 Å². The summed E-state index contributed by atoms with van der Waals surface area (Å²) in [6, 6.07) is 2.03. The van der Waals surface area contributed by atoms with Crippen LogP contribution >= 0.6 is 27.3 Å². The van der Waals surface area contributed by atoms with Crippen molar-refractivity contribution in [1.82, 2.24) is 0 Å². The first-order chi connectivity index (χ1) is 14.4. The molecule has 0 spiro atoms. The molecule has 0 saturated heterocycles. The maximum absolute atomic E-state index is 13.8. The van der Waals surface area contributed by atoms with Crippen LogP contribution in [0.1, 0.15) is 81.8 Å². The Morgan fingerprint density at radius 3 is 2.33 bits per heavy atom. The fraction of sp³-hybridized carbons (Fsp3) is 0.739. The number of nitrogens with zero attached hydrogens (tertiary/aromatic N) is 1. The third kappa shape index (κ3) is 5.65. The van der Waals surface area contributed by atoms with Gasteiger partial charge in [0.1, 0.15) is 4.88 Å². The normalized spacial score (nSPS) is 26.9. The first-order valence-electron chi connectivity index (χ1n) is 11.4. The van der Waals surface area contributed by atoms with E-state index in [1.807, 2.05) is 17.9 Å². The zero-order valence-electron chi connectivity index (χ0n) is 18.3. The molecule has 7 heteroatoms. The lowest BCUT2D eigenvalue weighted by molar-refractivity contribution is -0.124. The Hall–Kier alpha value is -0.920. The maximum atomic E-state index is 13.8. The number of hydrogen-bond donors (Lipinski definition) is 0. The molecule has 30 heavy (non-hydrogen) atoms. The van der Waals surface area contributed by atoms with Crippen molar-refractivity contribution in [2.45, 2.75) is 84.3 Å². The van der Waals surface area contributed by atoms with E-state index in [9.17, 15) is 9.59 Å². The van der Waals surface area contributed by atoms with E-state index in [1.54, 1.807) is 6.92 Å². The molecule has 0 aliphatic heterocycles. The van der Waals surface area contributed by atoms with Gasteiger partial charge in [0.05, 0.1) is 22.2 Å². The molecule has 0 radical (unpaired) electrons. The third-order valence-corrected chi connectivity index (χ3v) is 8.02. The fourth-order valence-electron chi connectivity index (χ4n) is 4.78. The number of carbonyl (C=O) groups excluding carboxylic acids is 2. The molecular weight excluding hydrogens is 466 g/mol. The van der Waals surface area contributed by atoms with E-state index in [0.717, 1.165) is 61.8 Å². The number of anilines is 1. The lowest BCUT2D eigenvalue weighted by atomic mass is 9.81. The average Bonchev–Trinajstić information content (AvgIpc) is 3.11. The van der Waals surface area contributed by atoms with E-state index in [1.165, 1.54) is 11.3 Å². The van der Waals surface area contributed by atoms with E-state index in [-0.39, 0.29) is 29.9 Å². The molecule has 2 saturated carbocycles. The number of carbonyl (C=O) groups is 2. The highest BCUT2D eigenvalue weighted by molar-refractivity contribution is 9.11. The largest absolute Gasteiger partial charge is 0.462 e. The predicted octanol–water partition coefficient (Wildman–Crippen LogP) is 6.19. The molecule has 0 bridgehead atoms. The van der Waals surface area contributed by atoms with Gasteiger partial charge in [-0.25, -0.2) is 4.79 Å². The van der Waals surface area contributed by atoms with Crippen molar-refractivity contribution in [3.63, 3.8) is 0 Å². The number of thiophene rings is 1. The van der Waals surface area contributed by atoms with Gasteiger partial charge in [-0.05, 0) is 93.1 Å². The van der Waals surface area contributed by atoms with Gasteiger partial charge < -0.3 is 14.4 Å². The Balaban J connectivity index is 1.89. The highest BCUT2D eigenvalue weighted by Crippen LogP contribution is 2.40. The molecule has 5 nitrogen and oxygen atoms in total. The van der Waals surface area contributed by atoms with E-state index < -0.39 is 0 Å². The highest BCUT2D eigenvalue weighted by atomic mass is 79.9. The summed E-state index contributed by atoms with van der Waals surface area (Å²) in [5, 5.41) is 0. The molecule has 168 valence electrons. The summed E-state index contributed by atoms with van der Waals surface area (Å²) in [6.45, 7) is 7.15. The van der Waals surface area contributed by atoms with Crippen LogP contribution in [0.4, 0.5) is 5.69 Å². The van der Waals surface area contributed by atoms with Crippen LogP contribution in [0, 0.1) is 11.8 Å². The minimum absolute atomic E-state index is 0.0412. The van der Waals surface area contributed by atoms with Gasteiger partial charge in [-0.3, -0.25) is 4.79 Å². The standard InChI is InChI=1S/C23H34BrNO4S/c1-4-28-18-12-10-17(11-13-18)25(22(26)16-8-6-15(3)7-9-16)19-14-20(24)30-21(19)23(27)29-5-2/h14-18H,4-13H2,1-3H3/t15-,16-,17-,18-. The summed E-state index contributed by atoms with van der Waals surface area (Å²) in [5.74, 6) is 0.563. The Kier molecular flexibility index (Phi) is 8.78. The Labute approximate surface area is 192 Å². The Morgan fingerprint density at radius 1 is 1.07 bits per heavy atom. The van der Waals surface area contributed by atoms with Gasteiger partial charge in [0.2, 0.25) is 5.91 Å². The van der Waals surface area contributed by atoms with Crippen LogP contribution < -0.4 is 4.90 Å². The van der Waals surface area contributed by atoms with Crippen LogP contribution in [0.25, 0.3) is 0 Å². The van der Waals surface area contributed by atoms with E-state index in [4.69, 9.17) is 9.47 Å². The summed E-state index contributed by atoms with van der Waals surface area (Å²) in [7, 11) is 0. The quantitative estimate of drug-likeness (QED) is 0.419. The van der Waals surface area contributed by atoms with Crippen LogP contribution in [0.15, 0.2) is 9.85 Å². The molecular formula is C23H34BrNO4S.